The number of piperazine rings is 1. The Morgan fingerprint density at radius 2 is 1.29 bits per heavy atom. The van der Waals surface area contributed by atoms with E-state index in [1.54, 1.807) is 12.1 Å². The maximum atomic E-state index is 13.3. The molecule has 1 aliphatic heterocycles. The second-order valence-corrected chi connectivity index (χ2v) is 9.62. The van der Waals surface area contributed by atoms with Crippen molar-refractivity contribution in [3.8, 4) is 0 Å². The molecule has 5 nitrogen and oxygen atoms in total. The average Bonchev–Trinajstić information content (AvgIpc) is 2.98. The van der Waals surface area contributed by atoms with Crippen molar-refractivity contribution < 1.29 is 4.39 Å². The van der Waals surface area contributed by atoms with Crippen LogP contribution in [0.5, 0.6) is 0 Å². The molecule has 1 fully saturated rings. The van der Waals surface area contributed by atoms with E-state index in [9.17, 15) is 4.39 Å². The molecule has 4 aromatic carbocycles. The van der Waals surface area contributed by atoms with E-state index in [2.05, 4.69) is 75.8 Å². The third-order valence-electron chi connectivity index (χ3n) is 7.16. The fraction of sp³-hybridized carbons (Fsp3) is 0.188. The summed E-state index contributed by atoms with van der Waals surface area (Å²) in [5.41, 5.74) is 4.52. The number of nitrogens with one attached hydrogen (secondary N) is 1. The summed E-state index contributed by atoms with van der Waals surface area (Å²) in [6.07, 6.45) is 0. The number of hydrogen-bond acceptors (Lipinski definition) is 5. The van der Waals surface area contributed by atoms with Crippen molar-refractivity contribution in [1.29, 1.82) is 0 Å². The standard InChI is InChI=1S/C32H30FN5/c33-27-17-15-24(16-18-27)23-34-31-28-13-7-8-14-29(28)35-32(36-31)38-21-19-37(20-22-38)30(25-9-3-1-4-10-25)26-11-5-2-6-12-26/h1-18,30H,19-23H2,(H,34,35,36). The molecule has 0 bridgehead atoms. The molecule has 0 atom stereocenters. The van der Waals surface area contributed by atoms with Gasteiger partial charge in [-0.25, -0.2) is 9.37 Å². The molecule has 1 saturated heterocycles. The maximum Gasteiger partial charge on any atom is 0.227 e. The van der Waals surface area contributed by atoms with Crippen LogP contribution in [0.4, 0.5) is 16.2 Å². The van der Waals surface area contributed by atoms with Crippen LogP contribution in [0.15, 0.2) is 109 Å². The van der Waals surface area contributed by atoms with Crippen molar-refractivity contribution >= 4 is 22.7 Å². The fourth-order valence-electron chi connectivity index (χ4n) is 5.19. The largest absolute Gasteiger partial charge is 0.365 e. The Labute approximate surface area is 222 Å². The minimum atomic E-state index is -0.232. The molecule has 0 radical (unpaired) electrons. The molecular formula is C32H30FN5. The monoisotopic (exact) mass is 503 g/mol. The van der Waals surface area contributed by atoms with Crippen LogP contribution in [0.25, 0.3) is 10.9 Å². The second kappa shape index (κ2) is 11.0. The van der Waals surface area contributed by atoms with E-state index in [-0.39, 0.29) is 11.9 Å². The Kier molecular flexibility index (Phi) is 6.96. The molecule has 2 heterocycles. The molecule has 5 aromatic rings. The van der Waals surface area contributed by atoms with Crippen LogP contribution in [0.1, 0.15) is 22.7 Å². The van der Waals surface area contributed by atoms with E-state index in [0.29, 0.717) is 6.54 Å². The van der Waals surface area contributed by atoms with Crippen LogP contribution in [0.2, 0.25) is 0 Å². The van der Waals surface area contributed by atoms with Crippen molar-refractivity contribution in [3.63, 3.8) is 0 Å². The normalized spacial score (nSPS) is 14.2. The number of rotatable bonds is 7. The van der Waals surface area contributed by atoms with Crippen LogP contribution in [-0.4, -0.2) is 41.0 Å². The number of benzene rings is 4. The van der Waals surface area contributed by atoms with Crippen molar-refractivity contribution in [1.82, 2.24) is 14.9 Å². The van der Waals surface area contributed by atoms with E-state index in [1.165, 1.54) is 23.3 Å². The lowest BCUT2D eigenvalue weighted by atomic mass is 9.96. The van der Waals surface area contributed by atoms with Crippen molar-refractivity contribution in [2.75, 3.05) is 36.4 Å². The van der Waals surface area contributed by atoms with E-state index in [0.717, 1.165) is 54.4 Å². The van der Waals surface area contributed by atoms with Crippen LogP contribution >= 0.6 is 0 Å². The summed E-state index contributed by atoms with van der Waals surface area (Å²) in [5, 5.41) is 4.44. The lowest BCUT2D eigenvalue weighted by Gasteiger charge is -2.40. The Bertz CT molecular complexity index is 1440. The third kappa shape index (κ3) is 5.22. The molecule has 0 unspecified atom stereocenters. The summed E-state index contributed by atoms with van der Waals surface area (Å²) in [5.74, 6) is 1.30. The van der Waals surface area contributed by atoms with Gasteiger partial charge in [0.15, 0.2) is 0 Å². The number of anilines is 2. The lowest BCUT2D eigenvalue weighted by Crippen LogP contribution is -2.48. The zero-order chi connectivity index (χ0) is 25.7. The molecule has 0 aliphatic carbocycles. The fourth-order valence-corrected chi connectivity index (χ4v) is 5.19. The molecule has 190 valence electrons. The number of nitrogens with zero attached hydrogens (tertiary/aromatic N) is 4. The molecule has 6 heteroatoms. The predicted octanol–water partition coefficient (Wildman–Crippen LogP) is 6.29. The quantitative estimate of drug-likeness (QED) is 0.283. The minimum Gasteiger partial charge on any atom is -0.365 e. The molecule has 38 heavy (non-hydrogen) atoms. The van der Waals surface area contributed by atoms with Gasteiger partial charge in [-0.05, 0) is 41.0 Å². The molecule has 0 amide bonds. The van der Waals surface area contributed by atoms with E-state index in [4.69, 9.17) is 9.97 Å². The first kappa shape index (κ1) is 24.1. The predicted molar refractivity (Wildman–Crippen MR) is 152 cm³/mol. The molecule has 6 rings (SSSR count). The highest BCUT2D eigenvalue weighted by Gasteiger charge is 2.27. The zero-order valence-corrected chi connectivity index (χ0v) is 21.2. The molecular weight excluding hydrogens is 473 g/mol. The van der Waals surface area contributed by atoms with Gasteiger partial charge in [-0.2, -0.15) is 4.98 Å². The van der Waals surface area contributed by atoms with Gasteiger partial charge in [0, 0.05) is 38.1 Å². The van der Waals surface area contributed by atoms with Crippen LogP contribution in [0.3, 0.4) is 0 Å². The average molecular weight is 504 g/mol. The van der Waals surface area contributed by atoms with Crippen LogP contribution in [0, 0.1) is 5.82 Å². The van der Waals surface area contributed by atoms with Gasteiger partial charge in [-0.3, -0.25) is 4.90 Å². The first-order valence-corrected chi connectivity index (χ1v) is 13.1. The first-order chi connectivity index (χ1) is 18.7. The molecule has 1 N–H and O–H groups in total. The molecule has 0 saturated carbocycles. The van der Waals surface area contributed by atoms with E-state index < -0.39 is 0 Å². The zero-order valence-electron chi connectivity index (χ0n) is 21.2. The van der Waals surface area contributed by atoms with E-state index >= 15 is 0 Å². The highest BCUT2D eigenvalue weighted by molar-refractivity contribution is 5.90. The summed E-state index contributed by atoms with van der Waals surface area (Å²) in [6, 6.07) is 36.3. The van der Waals surface area contributed by atoms with Gasteiger partial charge in [0.25, 0.3) is 0 Å². The summed E-state index contributed by atoms with van der Waals surface area (Å²) in [4.78, 5) is 14.7. The number of fused-ring (bicyclic) bond motifs is 1. The third-order valence-corrected chi connectivity index (χ3v) is 7.16. The minimum absolute atomic E-state index is 0.213. The smallest absolute Gasteiger partial charge is 0.227 e. The first-order valence-electron chi connectivity index (χ1n) is 13.1. The van der Waals surface area contributed by atoms with Gasteiger partial charge < -0.3 is 10.2 Å². The number of halogens is 1. The molecule has 1 aromatic heterocycles. The van der Waals surface area contributed by atoms with Gasteiger partial charge in [-0.15, -0.1) is 0 Å². The van der Waals surface area contributed by atoms with Crippen LogP contribution in [-0.2, 0) is 6.54 Å². The summed E-state index contributed by atoms with van der Waals surface area (Å²) < 4.78 is 13.3. The van der Waals surface area contributed by atoms with Gasteiger partial charge >= 0.3 is 0 Å². The number of aromatic nitrogens is 2. The van der Waals surface area contributed by atoms with Gasteiger partial charge in [0.1, 0.15) is 11.6 Å². The van der Waals surface area contributed by atoms with Crippen molar-refractivity contribution in [2.45, 2.75) is 12.6 Å². The Balaban J connectivity index is 1.23. The molecule has 0 spiro atoms. The van der Waals surface area contributed by atoms with E-state index in [1.807, 2.05) is 24.3 Å². The highest BCUT2D eigenvalue weighted by Crippen LogP contribution is 2.31. The number of hydrogen-bond donors (Lipinski definition) is 1. The molecule has 1 aliphatic rings. The summed E-state index contributed by atoms with van der Waals surface area (Å²) >= 11 is 0. The Morgan fingerprint density at radius 3 is 1.95 bits per heavy atom. The number of para-hydroxylation sites is 1. The van der Waals surface area contributed by atoms with Crippen molar-refractivity contribution in [3.05, 3.63) is 132 Å². The second-order valence-electron chi connectivity index (χ2n) is 9.62. The lowest BCUT2D eigenvalue weighted by molar-refractivity contribution is 0.211. The summed E-state index contributed by atoms with van der Waals surface area (Å²) in [7, 11) is 0. The summed E-state index contributed by atoms with van der Waals surface area (Å²) in [6.45, 7) is 4.05. The van der Waals surface area contributed by atoms with Gasteiger partial charge in [0.05, 0.1) is 11.6 Å². The van der Waals surface area contributed by atoms with Crippen LogP contribution < -0.4 is 10.2 Å². The van der Waals surface area contributed by atoms with Gasteiger partial charge in [-0.1, -0.05) is 84.9 Å². The Morgan fingerprint density at radius 1 is 0.684 bits per heavy atom. The van der Waals surface area contributed by atoms with Gasteiger partial charge in [0.2, 0.25) is 5.95 Å². The highest BCUT2D eigenvalue weighted by atomic mass is 19.1. The maximum absolute atomic E-state index is 13.3. The SMILES string of the molecule is Fc1ccc(CNc2nc(N3CCN(C(c4ccccc4)c4ccccc4)CC3)nc3ccccc23)cc1. The Hall–Kier alpha value is -4.29. The topological polar surface area (TPSA) is 44.3 Å². The van der Waals surface area contributed by atoms with Crippen molar-refractivity contribution in [2.24, 2.45) is 0 Å².